The van der Waals surface area contributed by atoms with Crippen LogP contribution < -0.4 is 5.32 Å². The molecule has 3 rings (SSSR count). The summed E-state index contributed by atoms with van der Waals surface area (Å²) in [6, 6.07) is 5.53. The maximum absolute atomic E-state index is 12.6. The summed E-state index contributed by atoms with van der Waals surface area (Å²) in [5.41, 5.74) is 2.72. The largest absolute Gasteiger partial charge is 0.480 e. The molecule has 1 fully saturated rings. The molecule has 0 radical (unpaired) electrons. The maximum atomic E-state index is 12.6. The summed E-state index contributed by atoms with van der Waals surface area (Å²) in [6.07, 6.45) is 1.80. The second-order valence-corrected chi connectivity index (χ2v) is 6.78. The highest BCUT2D eigenvalue weighted by atomic mass is 16.5. The minimum absolute atomic E-state index is 0.328. The Hall–Kier alpha value is -2.34. The molecule has 0 bridgehead atoms. The van der Waals surface area contributed by atoms with E-state index in [0.29, 0.717) is 25.0 Å². The number of benzene rings is 1. The zero-order valence-electron chi connectivity index (χ0n) is 14.9. The number of hydrogen-bond acceptors (Lipinski definition) is 3. The smallest absolute Gasteiger partial charge is 0.329 e. The molecule has 0 spiro atoms. The Morgan fingerprint density at radius 3 is 2.60 bits per heavy atom. The van der Waals surface area contributed by atoms with Gasteiger partial charge < -0.3 is 19.7 Å². The summed E-state index contributed by atoms with van der Waals surface area (Å²) < 4.78 is 7.36. The number of carbonyl (C=O) groups excluding carboxylic acids is 1. The zero-order valence-corrected chi connectivity index (χ0v) is 14.9. The molecule has 1 aromatic carbocycles. The van der Waals surface area contributed by atoms with Crippen molar-refractivity contribution in [2.24, 2.45) is 0 Å². The van der Waals surface area contributed by atoms with Gasteiger partial charge >= 0.3 is 5.97 Å². The van der Waals surface area contributed by atoms with Crippen molar-refractivity contribution in [2.45, 2.75) is 45.2 Å². The number of aromatic nitrogens is 1. The number of amides is 1. The van der Waals surface area contributed by atoms with Gasteiger partial charge in [0.2, 0.25) is 0 Å². The molecule has 0 aliphatic heterocycles. The van der Waals surface area contributed by atoms with Crippen molar-refractivity contribution in [1.29, 1.82) is 0 Å². The lowest BCUT2D eigenvalue weighted by atomic mass is 9.76. The van der Waals surface area contributed by atoms with E-state index in [9.17, 15) is 14.7 Å². The average molecular weight is 344 g/mol. The lowest BCUT2D eigenvalue weighted by molar-refractivity contribution is -0.148. The summed E-state index contributed by atoms with van der Waals surface area (Å²) in [7, 11) is 1.68. The number of ether oxygens (including phenoxy) is 1. The predicted octanol–water partition coefficient (Wildman–Crippen LogP) is 2.64. The Kier molecular flexibility index (Phi) is 4.56. The Balaban J connectivity index is 1.92. The van der Waals surface area contributed by atoms with Crippen LogP contribution in [-0.2, 0) is 16.1 Å². The van der Waals surface area contributed by atoms with Crippen LogP contribution in [0.5, 0.6) is 0 Å². The van der Waals surface area contributed by atoms with Crippen molar-refractivity contribution in [3.8, 4) is 0 Å². The maximum Gasteiger partial charge on any atom is 0.329 e. The van der Waals surface area contributed by atoms with Crippen LogP contribution in [-0.4, -0.2) is 40.8 Å². The van der Waals surface area contributed by atoms with Crippen LogP contribution in [0.15, 0.2) is 18.2 Å². The fraction of sp³-hybridized carbons (Fsp3) is 0.474. The van der Waals surface area contributed by atoms with E-state index in [2.05, 4.69) is 16.8 Å². The number of nitrogens with zero attached hydrogens (tertiary/aromatic N) is 1. The van der Waals surface area contributed by atoms with E-state index in [1.54, 1.807) is 13.2 Å². The van der Waals surface area contributed by atoms with E-state index in [1.807, 2.05) is 19.1 Å². The van der Waals surface area contributed by atoms with Gasteiger partial charge in [0.1, 0.15) is 5.54 Å². The average Bonchev–Trinajstić information content (AvgIpc) is 2.79. The summed E-state index contributed by atoms with van der Waals surface area (Å²) in [6.45, 7) is 5.46. The van der Waals surface area contributed by atoms with E-state index in [0.717, 1.165) is 35.1 Å². The summed E-state index contributed by atoms with van der Waals surface area (Å²) >= 11 is 0. The second-order valence-electron chi connectivity index (χ2n) is 6.78. The molecule has 1 aliphatic carbocycles. The van der Waals surface area contributed by atoms with Gasteiger partial charge in [0.25, 0.3) is 5.91 Å². The Bertz CT molecular complexity index is 834. The number of aryl methyl sites for hydroxylation is 1. The van der Waals surface area contributed by atoms with Crippen LogP contribution in [0.3, 0.4) is 0 Å². The number of aliphatic carboxylic acids is 1. The van der Waals surface area contributed by atoms with Crippen molar-refractivity contribution in [3.63, 3.8) is 0 Å². The van der Waals surface area contributed by atoms with Crippen LogP contribution in [0, 0.1) is 13.8 Å². The highest BCUT2D eigenvalue weighted by Gasteiger charge is 2.45. The van der Waals surface area contributed by atoms with E-state index in [-0.39, 0.29) is 5.91 Å². The van der Waals surface area contributed by atoms with Crippen molar-refractivity contribution < 1.29 is 19.4 Å². The third-order valence-electron chi connectivity index (χ3n) is 5.39. The van der Waals surface area contributed by atoms with Gasteiger partial charge in [0.05, 0.1) is 6.61 Å². The van der Waals surface area contributed by atoms with Crippen LogP contribution in [0.25, 0.3) is 10.9 Å². The SMILES string of the molecule is COCCn1c(C)c(C)c2cc(C(=O)NC3(C(=O)O)CCC3)ccc21. The monoisotopic (exact) mass is 344 g/mol. The second kappa shape index (κ2) is 6.52. The molecule has 6 heteroatoms. The van der Waals surface area contributed by atoms with Gasteiger partial charge in [0, 0.05) is 35.8 Å². The van der Waals surface area contributed by atoms with Gasteiger partial charge in [0.15, 0.2) is 0 Å². The Morgan fingerprint density at radius 1 is 1.32 bits per heavy atom. The van der Waals surface area contributed by atoms with Crippen molar-refractivity contribution in [1.82, 2.24) is 9.88 Å². The van der Waals surface area contributed by atoms with E-state index >= 15 is 0 Å². The van der Waals surface area contributed by atoms with Crippen LogP contribution in [0.4, 0.5) is 0 Å². The van der Waals surface area contributed by atoms with E-state index in [1.165, 1.54) is 0 Å². The number of carbonyl (C=O) groups is 2. The first-order valence-electron chi connectivity index (χ1n) is 8.54. The molecule has 0 saturated heterocycles. The van der Waals surface area contributed by atoms with Gasteiger partial charge in [-0.15, -0.1) is 0 Å². The first-order chi connectivity index (χ1) is 11.9. The third kappa shape index (κ3) is 2.91. The number of rotatable bonds is 6. The van der Waals surface area contributed by atoms with Gasteiger partial charge in [-0.2, -0.15) is 0 Å². The number of carboxylic acids is 1. The number of nitrogens with one attached hydrogen (secondary N) is 1. The zero-order chi connectivity index (χ0) is 18.2. The number of methoxy groups -OCH3 is 1. The minimum Gasteiger partial charge on any atom is -0.480 e. The fourth-order valence-corrected chi connectivity index (χ4v) is 3.47. The molecule has 1 amide bonds. The summed E-state index contributed by atoms with van der Waals surface area (Å²) in [4.78, 5) is 24.0. The molecule has 2 aromatic rings. The van der Waals surface area contributed by atoms with Crippen molar-refractivity contribution in [2.75, 3.05) is 13.7 Å². The Labute approximate surface area is 146 Å². The van der Waals surface area contributed by atoms with Gasteiger partial charge in [-0.3, -0.25) is 4.79 Å². The van der Waals surface area contributed by atoms with E-state index in [4.69, 9.17) is 4.74 Å². The molecule has 0 unspecified atom stereocenters. The van der Waals surface area contributed by atoms with Gasteiger partial charge in [-0.05, 0) is 56.9 Å². The summed E-state index contributed by atoms with van der Waals surface area (Å²) in [5.74, 6) is -1.28. The number of hydrogen-bond donors (Lipinski definition) is 2. The molecular formula is C19H24N2O4. The lowest BCUT2D eigenvalue weighted by Gasteiger charge is -2.38. The first kappa shape index (κ1) is 17.5. The van der Waals surface area contributed by atoms with E-state index < -0.39 is 11.5 Å². The molecule has 134 valence electrons. The van der Waals surface area contributed by atoms with Crippen LogP contribution in [0.2, 0.25) is 0 Å². The first-order valence-corrected chi connectivity index (χ1v) is 8.54. The Morgan fingerprint density at radius 2 is 2.04 bits per heavy atom. The molecule has 6 nitrogen and oxygen atoms in total. The molecule has 1 aromatic heterocycles. The fourth-order valence-electron chi connectivity index (χ4n) is 3.47. The molecule has 1 aliphatic rings. The molecule has 0 atom stereocenters. The minimum atomic E-state index is -1.10. The van der Waals surface area contributed by atoms with Crippen molar-refractivity contribution >= 4 is 22.8 Å². The lowest BCUT2D eigenvalue weighted by Crippen LogP contribution is -2.59. The van der Waals surface area contributed by atoms with Gasteiger partial charge in [-0.25, -0.2) is 4.79 Å². The molecular weight excluding hydrogens is 320 g/mol. The number of carboxylic acid groups (broad SMARTS) is 1. The molecule has 1 saturated carbocycles. The normalized spacial score (nSPS) is 15.8. The van der Waals surface area contributed by atoms with Crippen molar-refractivity contribution in [3.05, 3.63) is 35.0 Å². The topological polar surface area (TPSA) is 80.6 Å². The standard InChI is InChI=1S/C19H24N2O4/c1-12-13(2)21(9-10-25-3)16-6-5-14(11-15(12)16)17(22)20-19(18(23)24)7-4-8-19/h5-6,11H,4,7-10H2,1-3H3,(H,20,22)(H,23,24). The number of fused-ring (bicyclic) bond motifs is 1. The van der Waals surface area contributed by atoms with Crippen LogP contribution in [0.1, 0.15) is 40.9 Å². The van der Waals surface area contributed by atoms with Crippen LogP contribution >= 0.6 is 0 Å². The molecule has 25 heavy (non-hydrogen) atoms. The third-order valence-corrected chi connectivity index (χ3v) is 5.39. The quantitative estimate of drug-likeness (QED) is 0.844. The molecule has 2 N–H and O–H groups in total. The highest BCUT2D eigenvalue weighted by Crippen LogP contribution is 2.33. The van der Waals surface area contributed by atoms with Gasteiger partial charge in [-0.1, -0.05) is 0 Å². The predicted molar refractivity (Wildman–Crippen MR) is 95.0 cm³/mol. The highest BCUT2D eigenvalue weighted by molar-refractivity contribution is 6.01. The summed E-state index contributed by atoms with van der Waals surface area (Å²) in [5, 5.41) is 13.1. The molecule has 1 heterocycles.